The van der Waals surface area contributed by atoms with Gasteiger partial charge in [-0.1, -0.05) is 19.1 Å². The average Bonchev–Trinajstić information content (AvgIpc) is 2.69. The predicted octanol–water partition coefficient (Wildman–Crippen LogP) is 3.41. The highest BCUT2D eigenvalue weighted by atomic mass is 127. The predicted molar refractivity (Wildman–Crippen MR) is 126 cm³/mol. The molecule has 7 nitrogen and oxygen atoms in total. The Morgan fingerprint density at radius 3 is 2.46 bits per heavy atom. The summed E-state index contributed by atoms with van der Waals surface area (Å²) < 4.78 is 4.59. The number of nitrogens with one attached hydrogen (secondary N) is 3. The minimum Gasteiger partial charge on any atom is -0.453 e. The Morgan fingerprint density at radius 2 is 1.89 bits per heavy atom. The molecule has 28 heavy (non-hydrogen) atoms. The van der Waals surface area contributed by atoms with Crippen molar-refractivity contribution in [2.75, 3.05) is 38.6 Å². The minimum atomic E-state index is -0.468. The van der Waals surface area contributed by atoms with Gasteiger partial charge in [-0.25, -0.2) is 9.79 Å². The average molecular weight is 503 g/mol. The summed E-state index contributed by atoms with van der Waals surface area (Å²) in [4.78, 5) is 18.5. The second-order valence-electron chi connectivity index (χ2n) is 6.77. The van der Waals surface area contributed by atoms with Gasteiger partial charge in [0.05, 0.1) is 13.7 Å². The molecule has 0 unspecified atom stereocenters. The van der Waals surface area contributed by atoms with Gasteiger partial charge in [-0.05, 0) is 50.4 Å². The number of hydrogen-bond acceptors (Lipinski definition) is 4. The molecule has 1 heterocycles. The van der Waals surface area contributed by atoms with E-state index in [1.54, 1.807) is 0 Å². The third-order valence-electron chi connectivity index (χ3n) is 4.62. The van der Waals surface area contributed by atoms with Crippen molar-refractivity contribution < 1.29 is 9.53 Å². The van der Waals surface area contributed by atoms with E-state index in [4.69, 9.17) is 4.99 Å². The number of likely N-dealkylation sites (tertiary alicyclic amines) is 1. The topological polar surface area (TPSA) is 78.0 Å². The molecule has 0 aliphatic carbocycles. The fourth-order valence-electron chi connectivity index (χ4n) is 3.16. The minimum absolute atomic E-state index is 0. The van der Waals surface area contributed by atoms with Gasteiger partial charge in [0.2, 0.25) is 0 Å². The summed E-state index contributed by atoms with van der Waals surface area (Å²) in [7, 11) is 1.35. The number of halogens is 1. The summed E-state index contributed by atoms with van der Waals surface area (Å²) in [5.74, 6) is 0.864. The van der Waals surface area contributed by atoms with Gasteiger partial charge in [-0.2, -0.15) is 0 Å². The first-order valence-electron chi connectivity index (χ1n) is 9.85. The van der Waals surface area contributed by atoms with Gasteiger partial charge >= 0.3 is 6.09 Å². The van der Waals surface area contributed by atoms with Crippen LogP contribution in [-0.4, -0.2) is 56.3 Å². The van der Waals surface area contributed by atoms with E-state index in [0.717, 1.165) is 44.0 Å². The number of carbonyl (C=O) groups is 1. The van der Waals surface area contributed by atoms with Crippen molar-refractivity contribution in [1.82, 2.24) is 15.5 Å². The van der Waals surface area contributed by atoms with Crippen LogP contribution in [-0.2, 0) is 11.3 Å². The second kappa shape index (κ2) is 13.6. The number of amides is 1. The molecule has 0 saturated carbocycles. The largest absolute Gasteiger partial charge is 0.453 e. The van der Waals surface area contributed by atoms with E-state index >= 15 is 0 Å². The Balaban J connectivity index is 0.00000392. The number of nitrogens with zero attached hydrogens (tertiary/aromatic N) is 2. The Morgan fingerprint density at radius 1 is 1.21 bits per heavy atom. The summed E-state index contributed by atoms with van der Waals surface area (Å²) in [6.07, 6.45) is 3.05. The second-order valence-corrected chi connectivity index (χ2v) is 6.77. The first-order chi connectivity index (χ1) is 13.1. The summed E-state index contributed by atoms with van der Waals surface area (Å²) >= 11 is 0. The number of carbonyl (C=O) groups excluding carboxylic acids is 1. The van der Waals surface area contributed by atoms with Crippen LogP contribution in [0.2, 0.25) is 0 Å². The van der Waals surface area contributed by atoms with E-state index < -0.39 is 6.09 Å². The van der Waals surface area contributed by atoms with Crippen LogP contribution in [0.3, 0.4) is 0 Å². The lowest BCUT2D eigenvalue weighted by Gasteiger charge is -2.32. The molecule has 1 aliphatic rings. The van der Waals surface area contributed by atoms with E-state index in [0.29, 0.717) is 18.3 Å². The summed E-state index contributed by atoms with van der Waals surface area (Å²) in [5, 5.41) is 9.55. The molecule has 0 bridgehead atoms. The monoisotopic (exact) mass is 503 g/mol. The van der Waals surface area contributed by atoms with E-state index in [9.17, 15) is 4.79 Å². The molecule has 1 aliphatic heterocycles. The van der Waals surface area contributed by atoms with Gasteiger partial charge in [0.25, 0.3) is 0 Å². The standard InChI is InChI=1S/C20H33N5O2.HI/c1-4-12-25-13-10-18(11-14-25)23-19(21-5-2)22-15-16-6-8-17(9-7-16)24-20(26)27-3;/h6-9,18H,4-5,10-15H2,1-3H3,(H,24,26)(H2,21,22,23);1H. The van der Waals surface area contributed by atoms with E-state index in [2.05, 4.69) is 39.4 Å². The molecular weight excluding hydrogens is 469 g/mol. The molecule has 1 amide bonds. The number of methoxy groups -OCH3 is 1. The van der Waals surface area contributed by atoms with E-state index in [-0.39, 0.29) is 24.0 Å². The molecule has 0 spiro atoms. The van der Waals surface area contributed by atoms with E-state index in [1.165, 1.54) is 20.1 Å². The Hall–Kier alpha value is -1.55. The third kappa shape index (κ3) is 8.64. The molecule has 0 radical (unpaired) electrons. The lowest BCUT2D eigenvalue weighted by molar-refractivity contribution is 0.187. The number of piperidine rings is 1. The maximum absolute atomic E-state index is 11.2. The van der Waals surface area contributed by atoms with Crippen LogP contribution in [0.5, 0.6) is 0 Å². The lowest BCUT2D eigenvalue weighted by Crippen LogP contribution is -2.48. The molecule has 1 aromatic carbocycles. The van der Waals surface area contributed by atoms with Crippen LogP contribution >= 0.6 is 24.0 Å². The molecule has 0 atom stereocenters. The quantitative estimate of drug-likeness (QED) is 0.302. The van der Waals surface area contributed by atoms with E-state index in [1.807, 2.05) is 24.3 Å². The van der Waals surface area contributed by atoms with Crippen molar-refractivity contribution in [3.63, 3.8) is 0 Å². The van der Waals surface area contributed by atoms with Gasteiger partial charge in [-0.15, -0.1) is 24.0 Å². The zero-order chi connectivity index (χ0) is 19.5. The van der Waals surface area contributed by atoms with Gasteiger partial charge < -0.3 is 20.3 Å². The molecular formula is C20H34IN5O2. The third-order valence-corrected chi connectivity index (χ3v) is 4.62. The molecule has 158 valence electrons. The number of ether oxygens (including phenoxy) is 1. The van der Waals surface area contributed by atoms with Gasteiger partial charge in [0.15, 0.2) is 5.96 Å². The first kappa shape index (κ1) is 24.5. The SMILES string of the molecule is CCCN1CCC(NC(=NCc2ccc(NC(=O)OC)cc2)NCC)CC1.I. The highest BCUT2D eigenvalue weighted by molar-refractivity contribution is 14.0. The number of aliphatic imine (C=N–C) groups is 1. The highest BCUT2D eigenvalue weighted by Gasteiger charge is 2.19. The van der Waals surface area contributed by atoms with Crippen LogP contribution in [0.15, 0.2) is 29.3 Å². The normalized spacial score (nSPS) is 15.5. The smallest absolute Gasteiger partial charge is 0.411 e. The zero-order valence-electron chi connectivity index (χ0n) is 17.2. The Labute approximate surface area is 185 Å². The fraction of sp³-hybridized carbons (Fsp3) is 0.600. The maximum Gasteiger partial charge on any atom is 0.411 e. The summed E-state index contributed by atoms with van der Waals surface area (Å²) in [6, 6.07) is 8.10. The molecule has 8 heteroatoms. The number of anilines is 1. The molecule has 1 fully saturated rings. The molecule has 0 aromatic heterocycles. The number of hydrogen-bond donors (Lipinski definition) is 3. The van der Waals surface area contributed by atoms with Crippen LogP contribution in [0.4, 0.5) is 10.5 Å². The number of rotatable bonds is 7. The number of guanidine groups is 1. The van der Waals surface area contributed by atoms with Gasteiger partial charge in [0, 0.05) is 31.4 Å². The van der Waals surface area contributed by atoms with Crippen LogP contribution in [0, 0.1) is 0 Å². The highest BCUT2D eigenvalue weighted by Crippen LogP contribution is 2.12. The number of benzene rings is 1. The molecule has 2 rings (SSSR count). The van der Waals surface area contributed by atoms with Gasteiger partial charge in [0.1, 0.15) is 0 Å². The molecule has 1 aromatic rings. The first-order valence-corrected chi connectivity index (χ1v) is 9.85. The summed E-state index contributed by atoms with van der Waals surface area (Å²) in [5.41, 5.74) is 1.79. The Bertz CT molecular complexity index is 601. The van der Waals surface area contributed by atoms with Crippen LogP contribution in [0.25, 0.3) is 0 Å². The maximum atomic E-state index is 11.2. The van der Waals surface area contributed by atoms with Gasteiger partial charge in [-0.3, -0.25) is 5.32 Å². The van der Waals surface area contributed by atoms with Crippen LogP contribution < -0.4 is 16.0 Å². The lowest BCUT2D eigenvalue weighted by atomic mass is 10.1. The molecule has 1 saturated heterocycles. The van der Waals surface area contributed by atoms with Crippen molar-refractivity contribution in [3.05, 3.63) is 29.8 Å². The Kier molecular flexibility index (Phi) is 11.9. The fourth-order valence-corrected chi connectivity index (χ4v) is 3.16. The van der Waals surface area contributed by atoms with Crippen LogP contribution in [0.1, 0.15) is 38.7 Å². The van der Waals surface area contributed by atoms with Crippen molar-refractivity contribution in [2.24, 2.45) is 4.99 Å². The zero-order valence-corrected chi connectivity index (χ0v) is 19.5. The van der Waals surface area contributed by atoms with Crippen molar-refractivity contribution in [2.45, 2.75) is 45.7 Å². The summed E-state index contributed by atoms with van der Waals surface area (Å²) in [6.45, 7) is 9.23. The molecule has 3 N–H and O–H groups in total. The van der Waals surface area contributed by atoms with Crippen molar-refractivity contribution in [3.8, 4) is 0 Å². The van der Waals surface area contributed by atoms with Crippen molar-refractivity contribution in [1.29, 1.82) is 0 Å². The van der Waals surface area contributed by atoms with Crippen molar-refractivity contribution >= 4 is 41.7 Å².